The van der Waals surface area contributed by atoms with Crippen LogP contribution in [0.1, 0.15) is 11.1 Å². The Morgan fingerprint density at radius 3 is 2.12 bits per heavy atom. The maximum Gasteiger partial charge on any atom is 0.210 e. The highest BCUT2D eigenvalue weighted by Gasteiger charge is 2.33. The number of benzene rings is 2. The van der Waals surface area contributed by atoms with Crippen molar-refractivity contribution in [3.63, 3.8) is 0 Å². The van der Waals surface area contributed by atoms with E-state index in [1.54, 1.807) is 6.07 Å². The molecule has 3 aromatic rings. The number of hydrogen-bond acceptors (Lipinski definition) is 3. The lowest BCUT2D eigenvalue weighted by atomic mass is 10.1. The monoisotopic (exact) mass is 443 g/mol. The molecule has 1 heterocycles. The van der Waals surface area contributed by atoms with E-state index in [2.05, 4.69) is 4.98 Å². The molecule has 0 unspecified atom stereocenters. The molecular formula is C18H9Cl4NO2S. The van der Waals surface area contributed by atoms with Crippen molar-refractivity contribution in [3.05, 3.63) is 73.9 Å². The molecule has 0 bridgehead atoms. The van der Waals surface area contributed by atoms with Crippen LogP contribution in [0.15, 0.2) is 52.3 Å². The first kappa shape index (κ1) is 18.1. The first-order chi connectivity index (χ1) is 12.3. The molecule has 0 aliphatic heterocycles. The van der Waals surface area contributed by atoms with E-state index >= 15 is 0 Å². The second kappa shape index (κ2) is 6.39. The molecule has 0 fully saturated rings. The number of fused-ring (bicyclic) bond motifs is 3. The Balaban J connectivity index is 1.99. The average molecular weight is 445 g/mol. The van der Waals surface area contributed by atoms with Crippen molar-refractivity contribution in [3.8, 4) is 11.1 Å². The zero-order chi connectivity index (χ0) is 18.6. The topological polar surface area (TPSA) is 47.0 Å². The van der Waals surface area contributed by atoms with Crippen LogP contribution in [0.25, 0.3) is 11.1 Å². The van der Waals surface area contributed by atoms with Gasteiger partial charge in [-0.2, -0.15) is 0 Å². The number of rotatable bonds is 2. The van der Waals surface area contributed by atoms with E-state index in [4.69, 9.17) is 46.4 Å². The lowest BCUT2D eigenvalue weighted by Gasteiger charge is -2.13. The summed E-state index contributed by atoms with van der Waals surface area (Å²) in [7, 11) is -4.06. The highest BCUT2D eigenvalue weighted by molar-refractivity contribution is 7.91. The van der Waals surface area contributed by atoms with Gasteiger partial charge in [0.25, 0.3) is 0 Å². The van der Waals surface area contributed by atoms with Crippen LogP contribution in [-0.4, -0.2) is 13.4 Å². The van der Waals surface area contributed by atoms with Crippen molar-refractivity contribution in [1.29, 1.82) is 0 Å². The van der Waals surface area contributed by atoms with Gasteiger partial charge in [0.1, 0.15) is 4.90 Å². The number of hydrogen-bond donors (Lipinski definition) is 0. The molecule has 3 nitrogen and oxygen atoms in total. The average Bonchev–Trinajstić information content (AvgIpc) is 2.98. The fourth-order valence-electron chi connectivity index (χ4n) is 3.19. The van der Waals surface area contributed by atoms with Crippen molar-refractivity contribution in [2.24, 2.45) is 0 Å². The third-order valence-electron chi connectivity index (χ3n) is 4.32. The predicted octanol–water partition coefficient (Wildman–Crippen LogP) is 6.10. The first-order valence-electron chi connectivity index (χ1n) is 7.47. The summed E-state index contributed by atoms with van der Waals surface area (Å²) >= 11 is 24.1. The first-order valence-corrected chi connectivity index (χ1v) is 10.5. The van der Waals surface area contributed by atoms with Crippen LogP contribution < -0.4 is 0 Å². The van der Waals surface area contributed by atoms with Crippen molar-refractivity contribution in [1.82, 2.24) is 4.98 Å². The molecule has 1 aliphatic carbocycles. The molecule has 132 valence electrons. The molecule has 26 heavy (non-hydrogen) atoms. The fourth-order valence-corrected chi connectivity index (χ4v) is 6.29. The molecule has 1 aromatic heterocycles. The van der Waals surface area contributed by atoms with Gasteiger partial charge < -0.3 is 0 Å². The zero-order valence-electron chi connectivity index (χ0n) is 12.9. The summed E-state index contributed by atoms with van der Waals surface area (Å²) in [6.07, 6.45) is 0.503. The molecular weight excluding hydrogens is 436 g/mol. The molecule has 4 rings (SSSR count). The minimum absolute atomic E-state index is 0.133. The Hall–Kier alpha value is -1.30. The maximum atomic E-state index is 13.4. The molecule has 1 aliphatic rings. The van der Waals surface area contributed by atoms with Crippen LogP contribution in [0.2, 0.25) is 20.4 Å². The standard InChI is InChI=1S/C18H9Cl4NO2S/c19-14-16(15(20)18(22)23-17(14)21)26(24,25)13-7-3-6-11-10-5-2-1-4-9(10)8-12(11)13/h1-7H,8H2. The highest BCUT2D eigenvalue weighted by atomic mass is 35.5. The van der Waals surface area contributed by atoms with Crippen LogP contribution in [-0.2, 0) is 16.3 Å². The largest absolute Gasteiger partial charge is 0.221 e. The molecule has 0 amide bonds. The molecule has 0 saturated carbocycles. The number of pyridine rings is 1. The van der Waals surface area contributed by atoms with Gasteiger partial charge in [0.05, 0.1) is 14.9 Å². The van der Waals surface area contributed by atoms with Gasteiger partial charge in [-0.25, -0.2) is 13.4 Å². The van der Waals surface area contributed by atoms with Crippen molar-refractivity contribution in [2.45, 2.75) is 16.2 Å². The number of aromatic nitrogens is 1. The summed E-state index contributed by atoms with van der Waals surface area (Å²) in [4.78, 5) is 3.56. The molecule has 0 atom stereocenters. The fraction of sp³-hybridized carbons (Fsp3) is 0.0556. The minimum Gasteiger partial charge on any atom is -0.221 e. The van der Waals surface area contributed by atoms with Gasteiger partial charge in [-0.1, -0.05) is 82.8 Å². The highest BCUT2D eigenvalue weighted by Crippen LogP contribution is 2.45. The third-order valence-corrected chi connectivity index (χ3v) is 7.93. The Morgan fingerprint density at radius 1 is 0.808 bits per heavy atom. The van der Waals surface area contributed by atoms with Gasteiger partial charge in [-0.05, 0) is 34.7 Å². The van der Waals surface area contributed by atoms with Crippen molar-refractivity contribution in [2.75, 3.05) is 0 Å². The summed E-state index contributed by atoms with van der Waals surface area (Å²) in [5.41, 5.74) is 3.65. The summed E-state index contributed by atoms with van der Waals surface area (Å²) in [5, 5.41) is -0.908. The van der Waals surface area contributed by atoms with Crippen molar-refractivity contribution >= 4 is 56.2 Å². The van der Waals surface area contributed by atoms with E-state index < -0.39 is 9.84 Å². The molecule has 0 saturated heterocycles. The Bertz CT molecular complexity index is 1150. The maximum absolute atomic E-state index is 13.4. The lowest BCUT2D eigenvalue weighted by Crippen LogP contribution is -2.08. The Morgan fingerprint density at radius 2 is 1.42 bits per heavy atom. The predicted molar refractivity (Wildman–Crippen MR) is 104 cm³/mol. The van der Waals surface area contributed by atoms with Gasteiger partial charge >= 0.3 is 0 Å². The van der Waals surface area contributed by atoms with Gasteiger partial charge in [0.15, 0.2) is 10.3 Å². The van der Waals surface area contributed by atoms with Gasteiger partial charge in [0.2, 0.25) is 9.84 Å². The van der Waals surface area contributed by atoms with Crippen LogP contribution in [0.4, 0.5) is 0 Å². The van der Waals surface area contributed by atoms with E-state index in [9.17, 15) is 8.42 Å². The van der Waals surface area contributed by atoms with Gasteiger partial charge in [-0.15, -0.1) is 0 Å². The van der Waals surface area contributed by atoms with E-state index in [-0.39, 0.29) is 30.1 Å². The molecule has 2 aromatic carbocycles. The van der Waals surface area contributed by atoms with E-state index in [0.717, 1.165) is 16.7 Å². The lowest BCUT2D eigenvalue weighted by molar-refractivity contribution is 0.595. The molecule has 8 heteroatoms. The summed E-state index contributed by atoms with van der Waals surface area (Å²) < 4.78 is 26.8. The van der Waals surface area contributed by atoms with Crippen LogP contribution >= 0.6 is 46.4 Å². The van der Waals surface area contributed by atoms with Crippen LogP contribution in [0.5, 0.6) is 0 Å². The van der Waals surface area contributed by atoms with E-state index in [1.807, 2.05) is 30.3 Å². The van der Waals surface area contributed by atoms with Crippen LogP contribution in [0.3, 0.4) is 0 Å². The van der Waals surface area contributed by atoms with Gasteiger partial charge in [-0.3, -0.25) is 0 Å². The zero-order valence-corrected chi connectivity index (χ0v) is 16.8. The number of sulfone groups is 1. The quantitative estimate of drug-likeness (QED) is 0.351. The smallest absolute Gasteiger partial charge is 0.210 e. The molecule has 0 N–H and O–H groups in total. The molecule has 0 radical (unpaired) electrons. The normalized spacial score (nSPS) is 12.8. The Labute approximate surface area is 170 Å². The minimum atomic E-state index is -4.06. The van der Waals surface area contributed by atoms with Crippen molar-refractivity contribution < 1.29 is 8.42 Å². The van der Waals surface area contributed by atoms with Crippen LogP contribution in [0, 0.1) is 0 Å². The number of nitrogens with zero attached hydrogens (tertiary/aromatic N) is 1. The second-order valence-electron chi connectivity index (χ2n) is 5.77. The van der Waals surface area contributed by atoms with Gasteiger partial charge in [0, 0.05) is 0 Å². The Kier molecular flexibility index (Phi) is 4.45. The molecule has 0 spiro atoms. The third kappa shape index (κ3) is 2.63. The second-order valence-corrected chi connectivity index (χ2v) is 9.10. The van der Waals surface area contributed by atoms with E-state index in [1.165, 1.54) is 6.07 Å². The number of halogens is 4. The summed E-state index contributed by atoms with van der Waals surface area (Å²) in [6.45, 7) is 0. The summed E-state index contributed by atoms with van der Waals surface area (Å²) in [6, 6.07) is 12.9. The SMILES string of the molecule is O=S(=O)(c1cccc2c1Cc1ccccc1-2)c1c(Cl)c(Cl)nc(Cl)c1Cl. The summed E-state index contributed by atoms with van der Waals surface area (Å²) in [5.74, 6) is 0. The van der Waals surface area contributed by atoms with E-state index in [0.29, 0.717) is 12.0 Å².